The second-order valence-electron chi connectivity index (χ2n) is 5.38. The van der Waals surface area contributed by atoms with Crippen molar-refractivity contribution >= 4 is 29.9 Å². The largest absolute Gasteiger partial charge is 0.497 e. The fraction of sp³-hybridized carbons (Fsp3) is 0.562. The molecule has 1 aromatic carbocycles. The van der Waals surface area contributed by atoms with Gasteiger partial charge in [-0.25, -0.2) is 0 Å². The number of hydrogen-bond acceptors (Lipinski definition) is 3. The van der Waals surface area contributed by atoms with Crippen LogP contribution in [0, 0.1) is 5.92 Å². The van der Waals surface area contributed by atoms with Crippen molar-refractivity contribution in [2.75, 3.05) is 27.2 Å². The molecule has 0 heterocycles. The fourth-order valence-corrected chi connectivity index (χ4v) is 1.97. The van der Waals surface area contributed by atoms with Gasteiger partial charge in [-0.2, -0.15) is 0 Å². The molecule has 0 amide bonds. The van der Waals surface area contributed by atoms with Crippen molar-refractivity contribution in [2.24, 2.45) is 10.9 Å². The van der Waals surface area contributed by atoms with Crippen LogP contribution in [0.2, 0.25) is 0 Å². The van der Waals surface area contributed by atoms with E-state index in [4.69, 9.17) is 9.47 Å². The molecule has 1 aliphatic rings. The zero-order valence-corrected chi connectivity index (χ0v) is 15.8. The third-order valence-electron chi connectivity index (χ3n) is 3.41. The number of nitrogens with zero attached hydrogens (tertiary/aromatic N) is 1. The normalized spacial score (nSPS) is 15.5. The maximum atomic E-state index is 5.86. The second kappa shape index (κ2) is 9.76. The van der Waals surface area contributed by atoms with E-state index in [1.807, 2.05) is 31.2 Å². The smallest absolute Gasteiger partial charge is 0.191 e. The first-order valence-electron chi connectivity index (χ1n) is 7.46. The number of aliphatic imine (C=N–C) groups is 1. The molecule has 1 aliphatic carbocycles. The Morgan fingerprint density at radius 2 is 2.05 bits per heavy atom. The van der Waals surface area contributed by atoms with Gasteiger partial charge in [0.2, 0.25) is 0 Å². The quantitative estimate of drug-likeness (QED) is 0.406. The summed E-state index contributed by atoms with van der Waals surface area (Å²) < 4.78 is 11.1. The van der Waals surface area contributed by atoms with Gasteiger partial charge >= 0.3 is 0 Å². The van der Waals surface area contributed by atoms with Crippen molar-refractivity contribution in [1.82, 2.24) is 10.6 Å². The highest BCUT2D eigenvalue weighted by atomic mass is 127. The predicted molar refractivity (Wildman–Crippen MR) is 101 cm³/mol. The van der Waals surface area contributed by atoms with Crippen LogP contribution in [0.5, 0.6) is 11.5 Å². The monoisotopic (exact) mass is 419 g/mol. The van der Waals surface area contributed by atoms with Crippen LogP contribution in [-0.4, -0.2) is 39.3 Å². The lowest BCUT2D eigenvalue weighted by atomic mass is 10.3. The van der Waals surface area contributed by atoms with E-state index in [0.717, 1.165) is 29.9 Å². The Labute approximate surface area is 149 Å². The third-order valence-corrected chi connectivity index (χ3v) is 3.41. The van der Waals surface area contributed by atoms with Crippen molar-refractivity contribution in [3.63, 3.8) is 0 Å². The van der Waals surface area contributed by atoms with Gasteiger partial charge in [-0.3, -0.25) is 4.99 Å². The second-order valence-corrected chi connectivity index (χ2v) is 5.38. The molecule has 0 spiro atoms. The molecule has 1 unspecified atom stereocenters. The summed E-state index contributed by atoms with van der Waals surface area (Å²) >= 11 is 0. The predicted octanol–water partition coefficient (Wildman–Crippen LogP) is 2.66. The van der Waals surface area contributed by atoms with Crippen molar-refractivity contribution in [2.45, 2.75) is 25.9 Å². The molecule has 6 heteroatoms. The minimum Gasteiger partial charge on any atom is -0.497 e. The Morgan fingerprint density at radius 1 is 1.32 bits per heavy atom. The van der Waals surface area contributed by atoms with Gasteiger partial charge in [0.1, 0.15) is 17.6 Å². The molecular weight excluding hydrogens is 393 g/mol. The number of guanidine groups is 1. The summed E-state index contributed by atoms with van der Waals surface area (Å²) in [6, 6.07) is 7.64. The summed E-state index contributed by atoms with van der Waals surface area (Å²) in [5, 5.41) is 6.62. The Balaban J connectivity index is 0.00000242. The van der Waals surface area contributed by atoms with E-state index < -0.39 is 0 Å². The minimum absolute atomic E-state index is 0. The highest BCUT2D eigenvalue weighted by Gasteiger charge is 2.21. The molecule has 1 aromatic rings. The molecule has 5 nitrogen and oxygen atoms in total. The van der Waals surface area contributed by atoms with Gasteiger partial charge in [0.15, 0.2) is 5.96 Å². The molecule has 1 saturated carbocycles. The van der Waals surface area contributed by atoms with Crippen LogP contribution in [-0.2, 0) is 0 Å². The van der Waals surface area contributed by atoms with Crippen LogP contribution in [0.15, 0.2) is 29.3 Å². The van der Waals surface area contributed by atoms with Crippen LogP contribution in [0.3, 0.4) is 0 Å². The zero-order chi connectivity index (χ0) is 15.1. The van der Waals surface area contributed by atoms with Crippen LogP contribution in [0.1, 0.15) is 19.8 Å². The van der Waals surface area contributed by atoms with Crippen molar-refractivity contribution in [1.29, 1.82) is 0 Å². The van der Waals surface area contributed by atoms with E-state index in [2.05, 4.69) is 15.6 Å². The van der Waals surface area contributed by atoms with E-state index in [0.29, 0.717) is 6.54 Å². The molecule has 0 saturated heterocycles. The molecular formula is C16H26IN3O2. The van der Waals surface area contributed by atoms with E-state index in [1.165, 1.54) is 12.8 Å². The number of rotatable bonds is 7. The molecule has 0 bridgehead atoms. The highest BCUT2D eigenvalue weighted by molar-refractivity contribution is 14.0. The lowest BCUT2D eigenvalue weighted by Gasteiger charge is -2.18. The lowest BCUT2D eigenvalue weighted by molar-refractivity contribution is 0.223. The number of nitrogens with one attached hydrogen (secondary N) is 2. The number of hydrogen-bond donors (Lipinski definition) is 2. The maximum absolute atomic E-state index is 5.86. The number of ether oxygens (including phenoxy) is 2. The van der Waals surface area contributed by atoms with Crippen LogP contribution in [0.25, 0.3) is 0 Å². The van der Waals surface area contributed by atoms with Gasteiger partial charge in [-0.05, 0) is 37.8 Å². The van der Waals surface area contributed by atoms with E-state index in [1.54, 1.807) is 14.2 Å². The van der Waals surface area contributed by atoms with Crippen molar-refractivity contribution in [3.8, 4) is 11.5 Å². The number of methoxy groups -OCH3 is 1. The van der Waals surface area contributed by atoms with Gasteiger partial charge < -0.3 is 20.1 Å². The summed E-state index contributed by atoms with van der Waals surface area (Å²) in [5.41, 5.74) is 0. The van der Waals surface area contributed by atoms with Gasteiger partial charge in [-0.15, -0.1) is 24.0 Å². The lowest BCUT2D eigenvalue weighted by Crippen LogP contribution is -2.42. The maximum Gasteiger partial charge on any atom is 0.191 e. The average molecular weight is 419 g/mol. The summed E-state index contributed by atoms with van der Waals surface area (Å²) in [4.78, 5) is 4.21. The van der Waals surface area contributed by atoms with Crippen LogP contribution < -0.4 is 20.1 Å². The van der Waals surface area contributed by atoms with Crippen molar-refractivity contribution < 1.29 is 9.47 Å². The molecule has 124 valence electrons. The highest BCUT2D eigenvalue weighted by Crippen LogP contribution is 2.27. The molecule has 2 N–H and O–H groups in total. The van der Waals surface area contributed by atoms with Gasteiger partial charge in [0.05, 0.1) is 13.7 Å². The van der Waals surface area contributed by atoms with Gasteiger partial charge in [0, 0.05) is 19.7 Å². The molecule has 0 aromatic heterocycles. The summed E-state index contributed by atoms with van der Waals surface area (Å²) in [7, 11) is 3.44. The zero-order valence-electron chi connectivity index (χ0n) is 13.5. The number of benzene rings is 1. The molecule has 1 fully saturated rings. The van der Waals surface area contributed by atoms with E-state index in [-0.39, 0.29) is 30.1 Å². The van der Waals surface area contributed by atoms with Gasteiger partial charge in [0.25, 0.3) is 0 Å². The van der Waals surface area contributed by atoms with Gasteiger partial charge in [-0.1, -0.05) is 6.07 Å². The van der Waals surface area contributed by atoms with Crippen molar-refractivity contribution in [3.05, 3.63) is 24.3 Å². The Kier molecular flexibility index (Phi) is 8.37. The Morgan fingerprint density at radius 3 is 2.68 bits per heavy atom. The van der Waals surface area contributed by atoms with Crippen LogP contribution in [0.4, 0.5) is 0 Å². The minimum atomic E-state index is 0. The first kappa shape index (κ1) is 18.9. The third kappa shape index (κ3) is 6.72. The first-order valence-corrected chi connectivity index (χ1v) is 7.46. The molecule has 1 atom stereocenters. The Hall–Kier alpha value is -1.18. The molecule has 22 heavy (non-hydrogen) atoms. The number of halogens is 1. The molecule has 0 radical (unpaired) electrons. The summed E-state index contributed by atoms with van der Waals surface area (Å²) in [6.07, 6.45) is 2.70. The topological polar surface area (TPSA) is 54.9 Å². The summed E-state index contributed by atoms with van der Waals surface area (Å²) in [6.45, 7) is 3.73. The van der Waals surface area contributed by atoms with E-state index >= 15 is 0 Å². The average Bonchev–Trinajstić information content (AvgIpc) is 3.32. The summed E-state index contributed by atoms with van der Waals surface area (Å²) in [5.74, 6) is 3.27. The fourth-order valence-electron chi connectivity index (χ4n) is 1.97. The standard InChI is InChI=1S/C16H25N3O2.HI/c1-12(21-15-6-4-5-14(9-15)20-3)10-18-16(17-2)19-11-13-7-8-13;/h4-6,9,12-13H,7-8,10-11H2,1-3H3,(H2,17,18,19);1H. The van der Waals surface area contributed by atoms with E-state index in [9.17, 15) is 0 Å². The molecule has 0 aliphatic heterocycles. The SMILES string of the molecule is CN=C(NCC1CC1)NCC(C)Oc1cccc(OC)c1.I. The Bertz CT molecular complexity index is 478. The molecule has 2 rings (SSSR count). The van der Waals surface area contributed by atoms with Crippen LogP contribution >= 0.6 is 24.0 Å². The first-order chi connectivity index (χ1) is 10.2.